The van der Waals surface area contributed by atoms with Crippen molar-refractivity contribution in [2.24, 2.45) is 0 Å². The Hall–Kier alpha value is -0.640. The van der Waals surface area contributed by atoms with E-state index in [0.717, 1.165) is 12.2 Å². The van der Waals surface area contributed by atoms with Crippen LogP contribution in [-0.2, 0) is 12.3 Å². The second-order valence-electron chi connectivity index (χ2n) is 2.03. The fraction of sp³-hybridized carbons (Fsp3) is 0.500. The maximum absolute atomic E-state index is 5.55. The highest BCUT2D eigenvalue weighted by Gasteiger charge is 1.99. The number of hydrogen-bond donors (Lipinski definition) is 2. The molecule has 1 aromatic heterocycles. The lowest BCUT2D eigenvalue weighted by atomic mass is 10.5. The largest absolute Gasteiger partial charge is 0.369 e. The second-order valence-corrected chi connectivity index (χ2v) is 2.35. The van der Waals surface area contributed by atoms with Gasteiger partial charge in [-0.2, -0.15) is 12.6 Å². The molecule has 0 aliphatic rings. The Morgan fingerprint density at radius 3 is 2.80 bits per heavy atom. The highest BCUT2D eigenvalue weighted by Crippen LogP contribution is 2.06. The molecule has 1 rings (SSSR count). The first-order valence-corrected chi connectivity index (χ1v) is 3.83. The number of nitrogen functional groups attached to an aromatic ring is 1. The van der Waals surface area contributed by atoms with Gasteiger partial charge < -0.3 is 10.3 Å². The number of aryl methyl sites for hydroxylation is 1. The third-order valence-corrected chi connectivity index (χ3v) is 1.68. The summed E-state index contributed by atoms with van der Waals surface area (Å²) < 4.78 is 1.89. The third kappa shape index (κ3) is 1.26. The number of aromatic nitrogens is 2. The SMILES string of the molecule is CCn1cc(CS)nc1N. The standard InChI is InChI=1S/C6H11N3S/c1-2-9-3-5(4-10)8-6(9)7/h3,10H,2,4H2,1H3,(H2,7,8). The van der Waals surface area contributed by atoms with Gasteiger partial charge in [0, 0.05) is 18.5 Å². The minimum atomic E-state index is 0.576. The van der Waals surface area contributed by atoms with Gasteiger partial charge in [0.2, 0.25) is 0 Å². The van der Waals surface area contributed by atoms with E-state index >= 15 is 0 Å². The molecule has 3 nitrogen and oxygen atoms in total. The molecule has 0 aliphatic carbocycles. The number of thiol groups is 1. The lowest BCUT2D eigenvalue weighted by molar-refractivity contribution is 0.773. The van der Waals surface area contributed by atoms with Gasteiger partial charge in [0.15, 0.2) is 5.95 Å². The molecule has 56 valence electrons. The summed E-state index contributed by atoms with van der Waals surface area (Å²) in [5.41, 5.74) is 6.48. The lowest BCUT2D eigenvalue weighted by Gasteiger charge is -1.95. The summed E-state index contributed by atoms with van der Waals surface area (Å²) in [5.74, 6) is 1.23. The van der Waals surface area contributed by atoms with Crippen molar-refractivity contribution in [2.45, 2.75) is 19.2 Å². The number of nitrogens with zero attached hydrogens (tertiary/aromatic N) is 2. The van der Waals surface area contributed by atoms with Crippen LogP contribution in [0.15, 0.2) is 6.20 Å². The van der Waals surface area contributed by atoms with Crippen molar-refractivity contribution in [3.05, 3.63) is 11.9 Å². The van der Waals surface area contributed by atoms with E-state index in [1.165, 1.54) is 0 Å². The fourth-order valence-electron chi connectivity index (χ4n) is 0.816. The highest BCUT2D eigenvalue weighted by atomic mass is 32.1. The zero-order chi connectivity index (χ0) is 7.56. The van der Waals surface area contributed by atoms with Gasteiger partial charge in [-0.1, -0.05) is 0 Å². The van der Waals surface area contributed by atoms with Crippen LogP contribution in [0.5, 0.6) is 0 Å². The normalized spacial score (nSPS) is 10.2. The Morgan fingerprint density at radius 1 is 1.80 bits per heavy atom. The molecule has 0 atom stereocenters. The molecule has 0 spiro atoms. The first-order valence-electron chi connectivity index (χ1n) is 3.20. The average Bonchev–Trinajstić information content (AvgIpc) is 2.30. The van der Waals surface area contributed by atoms with Crippen LogP contribution in [0.3, 0.4) is 0 Å². The van der Waals surface area contributed by atoms with Crippen molar-refractivity contribution in [2.75, 3.05) is 5.73 Å². The molecule has 10 heavy (non-hydrogen) atoms. The first-order chi connectivity index (χ1) is 4.77. The minimum absolute atomic E-state index is 0.576. The summed E-state index contributed by atoms with van der Waals surface area (Å²) in [6.07, 6.45) is 1.92. The van der Waals surface area contributed by atoms with E-state index in [0.29, 0.717) is 11.7 Å². The van der Waals surface area contributed by atoms with E-state index in [1.54, 1.807) is 0 Å². The maximum atomic E-state index is 5.55. The quantitative estimate of drug-likeness (QED) is 0.627. The molecule has 0 unspecified atom stereocenters. The molecule has 0 aliphatic heterocycles. The summed E-state index contributed by atoms with van der Waals surface area (Å²) in [4.78, 5) is 4.06. The number of imidazole rings is 1. The summed E-state index contributed by atoms with van der Waals surface area (Å²) in [6.45, 7) is 2.90. The molecule has 0 saturated heterocycles. The Balaban J connectivity index is 2.92. The zero-order valence-corrected chi connectivity index (χ0v) is 6.80. The van der Waals surface area contributed by atoms with Crippen LogP contribution in [0.25, 0.3) is 0 Å². The van der Waals surface area contributed by atoms with E-state index < -0.39 is 0 Å². The molecule has 0 bridgehead atoms. The Bertz CT molecular complexity index is 219. The molecule has 0 radical (unpaired) electrons. The Labute approximate surface area is 65.7 Å². The van der Waals surface area contributed by atoms with Crippen molar-refractivity contribution in [1.29, 1.82) is 0 Å². The smallest absolute Gasteiger partial charge is 0.200 e. The molecule has 4 heteroatoms. The fourth-order valence-corrected chi connectivity index (χ4v) is 0.968. The van der Waals surface area contributed by atoms with E-state index in [4.69, 9.17) is 5.73 Å². The van der Waals surface area contributed by atoms with Crippen molar-refractivity contribution in [3.8, 4) is 0 Å². The van der Waals surface area contributed by atoms with Gasteiger partial charge in [-0.05, 0) is 6.92 Å². The molecule has 0 saturated carbocycles. The Kier molecular flexibility index (Phi) is 2.21. The molecule has 1 heterocycles. The maximum Gasteiger partial charge on any atom is 0.200 e. The summed E-state index contributed by atoms with van der Waals surface area (Å²) >= 11 is 4.08. The van der Waals surface area contributed by atoms with Gasteiger partial charge in [0.25, 0.3) is 0 Å². The number of hydrogen-bond acceptors (Lipinski definition) is 3. The van der Waals surface area contributed by atoms with Gasteiger partial charge in [-0.15, -0.1) is 0 Å². The van der Waals surface area contributed by atoms with Gasteiger partial charge in [0.05, 0.1) is 5.69 Å². The van der Waals surface area contributed by atoms with E-state index in [-0.39, 0.29) is 0 Å². The van der Waals surface area contributed by atoms with Crippen LogP contribution in [0, 0.1) is 0 Å². The van der Waals surface area contributed by atoms with E-state index in [9.17, 15) is 0 Å². The molecule has 0 fully saturated rings. The van der Waals surface area contributed by atoms with Crippen LogP contribution >= 0.6 is 12.6 Å². The second kappa shape index (κ2) is 2.96. The monoisotopic (exact) mass is 157 g/mol. The zero-order valence-electron chi connectivity index (χ0n) is 5.91. The van der Waals surface area contributed by atoms with Crippen molar-refractivity contribution in [1.82, 2.24) is 9.55 Å². The van der Waals surface area contributed by atoms with Crippen molar-refractivity contribution < 1.29 is 0 Å². The molecule has 2 N–H and O–H groups in total. The van der Waals surface area contributed by atoms with Gasteiger partial charge in [-0.3, -0.25) is 0 Å². The van der Waals surface area contributed by atoms with Gasteiger partial charge in [0.1, 0.15) is 0 Å². The van der Waals surface area contributed by atoms with Crippen molar-refractivity contribution in [3.63, 3.8) is 0 Å². The number of anilines is 1. The number of nitrogens with two attached hydrogens (primary N) is 1. The number of rotatable bonds is 2. The topological polar surface area (TPSA) is 43.8 Å². The van der Waals surface area contributed by atoms with Crippen LogP contribution in [0.2, 0.25) is 0 Å². The van der Waals surface area contributed by atoms with Crippen LogP contribution in [0.1, 0.15) is 12.6 Å². The average molecular weight is 157 g/mol. The molecular weight excluding hydrogens is 146 g/mol. The molecule has 0 aromatic carbocycles. The molecular formula is C6H11N3S. The molecule has 0 amide bonds. The molecule has 1 aromatic rings. The van der Waals surface area contributed by atoms with Crippen LogP contribution < -0.4 is 5.73 Å². The summed E-state index contributed by atoms with van der Waals surface area (Å²) in [5, 5.41) is 0. The van der Waals surface area contributed by atoms with E-state index in [2.05, 4.69) is 17.6 Å². The lowest BCUT2D eigenvalue weighted by Crippen LogP contribution is -1.98. The van der Waals surface area contributed by atoms with Crippen molar-refractivity contribution >= 4 is 18.6 Å². The summed E-state index contributed by atoms with van der Waals surface area (Å²) in [7, 11) is 0. The first kappa shape index (κ1) is 7.47. The summed E-state index contributed by atoms with van der Waals surface area (Å²) in [6, 6.07) is 0. The van der Waals surface area contributed by atoms with Gasteiger partial charge >= 0.3 is 0 Å². The Morgan fingerprint density at radius 2 is 2.50 bits per heavy atom. The third-order valence-electron chi connectivity index (χ3n) is 1.36. The predicted octanol–water partition coefficient (Wildman–Crippen LogP) is 0.915. The minimum Gasteiger partial charge on any atom is -0.369 e. The highest BCUT2D eigenvalue weighted by molar-refractivity contribution is 7.79. The predicted molar refractivity (Wildman–Crippen MR) is 45.0 cm³/mol. The van der Waals surface area contributed by atoms with Crippen LogP contribution in [-0.4, -0.2) is 9.55 Å². The van der Waals surface area contributed by atoms with Gasteiger partial charge in [-0.25, -0.2) is 4.98 Å². The van der Waals surface area contributed by atoms with E-state index in [1.807, 2.05) is 17.7 Å². The van der Waals surface area contributed by atoms with Crippen LogP contribution in [0.4, 0.5) is 5.95 Å².